The third-order valence-corrected chi connectivity index (χ3v) is 3.29. The Balaban J connectivity index is 2.22. The molecule has 2 amide bonds. The van der Waals surface area contributed by atoms with E-state index in [1.54, 1.807) is 22.8 Å². The highest BCUT2D eigenvalue weighted by Gasteiger charge is 2.11. The van der Waals surface area contributed by atoms with Crippen molar-refractivity contribution in [3.63, 3.8) is 0 Å². The number of nitrogens with zero attached hydrogens (tertiary/aromatic N) is 3. The summed E-state index contributed by atoms with van der Waals surface area (Å²) in [4.78, 5) is 24.0. The standard InChI is InChI=1S/C14H24N4O3/c1-11(4-5-13(19)20)6-7-15-14(21)17(2)9-12-8-16-18(3)10-12/h8,10-11H,4-7,9H2,1-3H3,(H,15,21)(H,19,20). The molecule has 118 valence electrons. The minimum atomic E-state index is -0.776. The average Bonchev–Trinajstić information content (AvgIpc) is 2.81. The van der Waals surface area contributed by atoms with Crippen molar-refractivity contribution in [1.29, 1.82) is 0 Å². The van der Waals surface area contributed by atoms with Crippen molar-refractivity contribution in [3.8, 4) is 0 Å². The maximum absolute atomic E-state index is 11.9. The largest absolute Gasteiger partial charge is 0.481 e. The van der Waals surface area contributed by atoms with Crippen molar-refractivity contribution in [2.75, 3.05) is 13.6 Å². The molecule has 21 heavy (non-hydrogen) atoms. The van der Waals surface area contributed by atoms with Crippen LogP contribution in [0.25, 0.3) is 0 Å². The molecule has 0 aromatic carbocycles. The maximum Gasteiger partial charge on any atom is 0.317 e. The molecule has 1 rings (SSSR count). The van der Waals surface area contributed by atoms with Gasteiger partial charge in [0.15, 0.2) is 0 Å². The van der Waals surface area contributed by atoms with Crippen LogP contribution in [0, 0.1) is 5.92 Å². The Labute approximate surface area is 124 Å². The number of aryl methyl sites for hydroxylation is 1. The van der Waals surface area contributed by atoms with E-state index in [0.29, 0.717) is 19.5 Å². The topological polar surface area (TPSA) is 87.5 Å². The summed E-state index contributed by atoms with van der Waals surface area (Å²) in [6.07, 6.45) is 5.20. The normalized spacial score (nSPS) is 12.0. The van der Waals surface area contributed by atoms with E-state index in [2.05, 4.69) is 10.4 Å². The first-order chi connectivity index (χ1) is 9.88. The van der Waals surface area contributed by atoms with Gasteiger partial charge < -0.3 is 15.3 Å². The summed E-state index contributed by atoms with van der Waals surface area (Å²) in [6, 6.07) is -0.135. The number of carbonyl (C=O) groups is 2. The first-order valence-electron chi connectivity index (χ1n) is 7.06. The molecule has 7 heteroatoms. The summed E-state index contributed by atoms with van der Waals surface area (Å²) in [5.41, 5.74) is 0.977. The first-order valence-corrected chi connectivity index (χ1v) is 7.06. The minimum absolute atomic E-state index is 0.135. The summed E-state index contributed by atoms with van der Waals surface area (Å²) >= 11 is 0. The number of carboxylic acids is 1. The molecule has 0 aliphatic carbocycles. The van der Waals surface area contributed by atoms with Crippen molar-refractivity contribution in [3.05, 3.63) is 18.0 Å². The number of carbonyl (C=O) groups excluding carboxylic acids is 1. The van der Waals surface area contributed by atoms with E-state index in [4.69, 9.17) is 5.11 Å². The Morgan fingerprint density at radius 1 is 1.48 bits per heavy atom. The molecule has 0 aliphatic rings. The van der Waals surface area contributed by atoms with Gasteiger partial charge in [0.2, 0.25) is 0 Å². The second kappa shape index (κ2) is 8.28. The second-order valence-electron chi connectivity index (χ2n) is 5.44. The fourth-order valence-corrected chi connectivity index (χ4v) is 1.97. The fraction of sp³-hybridized carbons (Fsp3) is 0.643. The van der Waals surface area contributed by atoms with Crippen LogP contribution in [0.4, 0.5) is 4.79 Å². The van der Waals surface area contributed by atoms with E-state index < -0.39 is 5.97 Å². The summed E-state index contributed by atoms with van der Waals surface area (Å²) in [7, 11) is 3.57. The van der Waals surface area contributed by atoms with E-state index in [9.17, 15) is 9.59 Å². The lowest BCUT2D eigenvalue weighted by molar-refractivity contribution is -0.137. The molecule has 1 heterocycles. The predicted octanol–water partition coefficient (Wildman–Crippen LogP) is 1.45. The molecule has 2 N–H and O–H groups in total. The number of amides is 2. The second-order valence-corrected chi connectivity index (χ2v) is 5.44. The monoisotopic (exact) mass is 296 g/mol. The van der Waals surface area contributed by atoms with Gasteiger partial charge >= 0.3 is 12.0 Å². The number of hydrogen-bond donors (Lipinski definition) is 2. The van der Waals surface area contributed by atoms with Gasteiger partial charge in [0.05, 0.1) is 12.7 Å². The number of carboxylic acid groups (broad SMARTS) is 1. The Bertz CT molecular complexity index is 473. The highest BCUT2D eigenvalue weighted by Crippen LogP contribution is 2.09. The van der Waals surface area contributed by atoms with Crippen LogP contribution in [0.15, 0.2) is 12.4 Å². The van der Waals surface area contributed by atoms with Crippen molar-refractivity contribution in [1.82, 2.24) is 20.0 Å². The van der Waals surface area contributed by atoms with Gasteiger partial charge in [0.1, 0.15) is 0 Å². The van der Waals surface area contributed by atoms with Crippen molar-refractivity contribution in [2.45, 2.75) is 32.7 Å². The summed E-state index contributed by atoms with van der Waals surface area (Å²) < 4.78 is 1.70. The molecule has 0 spiro atoms. The number of aliphatic carboxylic acids is 1. The van der Waals surface area contributed by atoms with E-state index in [1.165, 1.54) is 0 Å². The predicted molar refractivity (Wildman–Crippen MR) is 78.7 cm³/mol. The zero-order chi connectivity index (χ0) is 15.8. The van der Waals surface area contributed by atoms with Gasteiger partial charge in [-0.2, -0.15) is 5.10 Å². The van der Waals surface area contributed by atoms with Crippen molar-refractivity contribution in [2.24, 2.45) is 13.0 Å². The first kappa shape index (κ1) is 17.0. The van der Waals surface area contributed by atoms with E-state index in [1.807, 2.05) is 20.2 Å². The summed E-state index contributed by atoms with van der Waals surface area (Å²) in [5, 5.41) is 15.5. The van der Waals surface area contributed by atoms with Crippen LogP contribution in [0.2, 0.25) is 0 Å². The van der Waals surface area contributed by atoms with Crippen LogP contribution in [0.3, 0.4) is 0 Å². The van der Waals surface area contributed by atoms with Crippen LogP contribution in [-0.2, 0) is 18.4 Å². The van der Waals surface area contributed by atoms with Gasteiger partial charge in [0.25, 0.3) is 0 Å². The van der Waals surface area contributed by atoms with Crippen LogP contribution >= 0.6 is 0 Å². The average molecular weight is 296 g/mol. The molecule has 1 aromatic rings. The van der Waals surface area contributed by atoms with E-state index in [-0.39, 0.29) is 18.4 Å². The molecule has 1 aromatic heterocycles. The van der Waals surface area contributed by atoms with Crippen molar-refractivity contribution < 1.29 is 14.7 Å². The lowest BCUT2D eigenvalue weighted by Crippen LogP contribution is -2.37. The summed E-state index contributed by atoms with van der Waals surface area (Å²) in [6.45, 7) is 3.06. The zero-order valence-corrected chi connectivity index (χ0v) is 12.9. The molecule has 0 saturated heterocycles. The molecule has 1 atom stereocenters. The smallest absolute Gasteiger partial charge is 0.317 e. The van der Waals surface area contributed by atoms with Gasteiger partial charge in [-0.3, -0.25) is 9.48 Å². The molecule has 7 nitrogen and oxygen atoms in total. The third kappa shape index (κ3) is 6.78. The molecular weight excluding hydrogens is 272 g/mol. The molecule has 0 saturated carbocycles. The number of nitrogens with one attached hydrogen (secondary N) is 1. The van der Waals surface area contributed by atoms with Crippen LogP contribution < -0.4 is 5.32 Å². The van der Waals surface area contributed by atoms with Gasteiger partial charge in [-0.15, -0.1) is 0 Å². The van der Waals surface area contributed by atoms with Gasteiger partial charge in [-0.1, -0.05) is 6.92 Å². The van der Waals surface area contributed by atoms with Gasteiger partial charge in [-0.25, -0.2) is 4.79 Å². The summed E-state index contributed by atoms with van der Waals surface area (Å²) in [5.74, 6) is -0.493. The van der Waals surface area contributed by atoms with Crippen LogP contribution in [0.1, 0.15) is 31.7 Å². The Morgan fingerprint density at radius 3 is 2.76 bits per heavy atom. The molecule has 0 aliphatic heterocycles. The number of aromatic nitrogens is 2. The van der Waals surface area contributed by atoms with E-state index in [0.717, 1.165) is 12.0 Å². The number of urea groups is 1. The van der Waals surface area contributed by atoms with E-state index >= 15 is 0 Å². The minimum Gasteiger partial charge on any atom is -0.481 e. The molecular formula is C14H24N4O3. The lowest BCUT2D eigenvalue weighted by Gasteiger charge is -2.18. The van der Waals surface area contributed by atoms with Crippen molar-refractivity contribution >= 4 is 12.0 Å². The number of rotatable bonds is 8. The molecule has 0 fully saturated rings. The van der Waals surface area contributed by atoms with Crippen LogP contribution in [0.5, 0.6) is 0 Å². The fourth-order valence-electron chi connectivity index (χ4n) is 1.97. The Kier molecular flexibility index (Phi) is 6.71. The van der Waals surface area contributed by atoms with Crippen LogP contribution in [-0.4, -0.2) is 45.4 Å². The van der Waals surface area contributed by atoms with Gasteiger partial charge in [0, 0.05) is 38.8 Å². The molecule has 0 radical (unpaired) electrons. The zero-order valence-electron chi connectivity index (χ0n) is 12.9. The highest BCUT2D eigenvalue weighted by molar-refractivity contribution is 5.73. The SMILES string of the molecule is CC(CCNC(=O)N(C)Cc1cnn(C)c1)CCC(=O)O. The molecule has 0 bridgehead atoms. The quantitative estimate of drug-likeness (QED) is 0.760. The Morgan fingerprint density at radius 2 is 2.19 bits per heavy atom. The number of hydrogen-bond acceptors (Lipinski definition) is 3. The Hall–Kier alpha value is -2.05. The van der Waals surface area contributed by atoms with Gasteiger partial charge in [-0.05, 0) is 18.8 Å². The third-order valence-electron chi connectivity index (χ3n) is 3.29. The maximum atomic E-state index is 11.9. The highest BCUT2D eigenvalue weighted by atomic mass is 16.4. The molecule has 1 unspecified atom stereocenters. The lowest BCUT2D eigenvalue weighted by atomic mass is 10.0.